The third-order valence-electron chi connectivity index (χ3n) is 4.76. The fourth-order valence-electron chi connectivity index (χ4n) is 3.24. The molecule has 0 bridgehead atoms. The lowest BCUT2D eigenvalue weighted by atomic mass is 10.1. The lowest BCUT2D eigenvalue weighted by Gasteiger charge is -2.36. The second-order valence-electron chi connectivity index (χ2n) is 7.75. The number of carbonyl (C=O) groups is 1. The van der Waals surface area contributed by atoms with Crippen LogP contribution in [0.4, 0.5) is 10.6 Å². The summed E-state index contributed by atoms with van der Waals surface area (Å²) in [5.41, 5.74) is 2.06. The molecule has 0 saturated carbocycles. The van der Waals surface area contributed by atoms with E-state index in [1.165, 1.54) is 11.3 Å². The molecule has 1 amide bonds. The average molecular weight is 332 g/mol. The second-order valence-corrected chi connectivity index (χ2v) is 7.75. The van der Waals surface area contributed by atoms with E-state index in [0.717, 1.165) is 25.5 Å². The maximum Gasteiger partial charge on any atom is 0.410 e. The Morgan fingerprint density at radius 1 is 1.21 bits per heavy atom. The first-order chi connectivity index (χ1) is 11.2. The van der Waals surface area contributed by atoms with Gasteiger partial charge in [-0.2, -0.15) is 0 Å². The van der Waals surface area contributed by atoms with Crippen LogP contribution in [-0.2, 0) is 11.3 Å². The fraction of sp³-hybridized carbons (Fsp3) is 0.667. The molecule has 0 radical (unpaired) electrons. The molecule has 0 aromatic carbocycles. The number of ether oxygens (including phenoxy) is 1. The SMILES string of the molecule is CC1c2ccc(N3CCN(C(=O)OC(C)(C)C)CC3)nc2CN1C. The van der Waals surface area contributed by atoms with Crippen LogP contribution in [0.25, 0.3) is 0 Å². The summed E-state index contributed by atoms with van der Waals surface area (Å²) in [5, 5.41) is 0. The standard InChI is InChI=1S/C18H28N4O2/c1-13-14-6-7-16(19-15(14)12-20(13)5)21-8-10-22(11-9-21)17(23)24-18(2,3)4/h6-7,13H,8-12H2,1-5H3. The van der Waals surface area contributed by atoms with E-state index in [4.69, 9.17) is 9.72 Å². The maximum atomic E-state index is 12.1. The van der Waals surface area contributed by atoms with Crippen LogP contribution in [0.5, 0.6) is 0 Å². The first kappa shape index (κ1) is 17.0. The van der Waals surface area contributed by atoms with Crippen molar-refractivity contribution in [3.05, 3.63) is 23.4 Å². The first-order valence-corrected chi connectivity index (χ1v) is 8.67. The highest BCUT2D eigenvalue weighted by Gasteiger charge is 2.28. The van der Waals surface area contributed by atoms with Gasteiger partial charge in [0.15, 0.2) is 0 Å². The molecule has 3 rings (SSSR count). The van der Waals surface area contributed by atoms with Crippen LogP contribution in [0.1, 0.15) is 45.0 Å². The van der Waals surface area contributed by atoms with Crippen LogP contribution in [0.2, 0.25) is 0 Å². The molecule has 132 valence electrons. The van der Waals surface area contributed by atoms with Gasteiger partial charge in [0.05, 0.1) is 5.69 Å². The molecule has 1 unspecified atom stereocenters. The monoisotopic (exact) mass is 332 g/mol. The van der Waals surface area contributed by atoms with Crippen LogP contribution in [-0.4, -0.2) is 59.7 Å². The van der Waals surface area contributed by atoms with Crippen molar-refractivity contribution in [2.75, 3.05) is 38.1 Å². The van der Waals surface area contributed by atoms with Gasteiger partial charge in [0.25, 0.3) is 0 Å². The Morgan fingerprint density at radius 3 is 2.50 bits per heavy atom. The number of pyridine rings is 1. The maximum absolute atomic E-state index is 12.1. The lowest BCUT2D eigenvalue weighted by molar-refractivity contribution is 0.0240. The van der Waals surface area contributed by atoms with Crippen LogP contribution in [0.15, 0.2) is 12.1 Å². The van der Waals surface area contributed by atoms with Crippen molar-refractivity contribution < 1.29 is 9.53 Å². The molecule has 0 spiro atoms. The van der Waals surface area contributed by atoms with Gasteiger partial charge >= 0.3 is 6.09 Å². The van der Waals surface area contributed by atoms with Gasteiger partial charge in [0.2, 0.25) is 0 Å². The molecule has 1 aromatic heterocycles. The molecule has 1 saturated heterocycles. The lowest BCUT2D eigenvalue weighted by Crippen LogP contribution is -2.50. The van der Waals surface area contributed by atoms with Crippen LogP contribution in [0.3, 0.4) is 0 Å². The Kier molecular flexibility index (Phi) is 4.42. The Morgan fingerprint density at radius 2 is 1.88 bits per heavy atom. The summed E-state index contributed by atoms with van der Waals surface area (Å²) in [6, 6.07) is 4.74. The number of hydrogen-bond donors (Lipinski definition) is 0. The molecule has 1 atom stereocenters. The minimum Gasteiger partial charge on any atom is -0.444 e. The molecule has 2 aliphatic heterocycles. The molecule has 1 aromatic rings. The summed E-state index contributed by atoms with van der Waals surface area (Å²) in [6.07, 6.45) is -0.223. The molecule has 6 nitrogen and oxygen atoms in total. The molecule has 6 heteroatoms. The summed E-state index contributed by atoms with van der Waals surface area (Å²) in [5.74, 6) is 1.01. The van der Waals surface area contributed by atoms with Crippen molar-refractivity contribution in [1.29, 1.82) is 0 Å². The van der Waals surface area contributed by atoms with Crippen molar-refractivity contribution in [1.82, 2.24) is 14.8 Å². The molecular weight excluding hydrogens is 304 g/mol. The number of carbonyl (C=O) groups excluding carboxylic acids is 1. The molecule has 3 heterocycles. The van der Waals surface area contributed by atoms with Crippen molar-refractivity contribution >= 4 is 11.9 Å². The third kappa shape index (κ3) is 3.48. The van der Waals surface area contributed by atoms with Gasteiger partial charge in [-0.25, -0.2) is 9.78 Å². The van der Waals surface area contributed by atoms with Gasteiger partial charge in [-0.15, -0.1) is 0 Å². The van der Waals surface area contributed by atoms with E-state index < -0.39 is 5.60 Å². The number of fused-ring (bicyclic) bond motifs is 1. The van der Waals surface area contributed by atoms with E-state index in [-0.39, 0.29) is 6.09 Å². The molecule has 0 N–H and O–H groups in total. The molecule has 2 aliphatic rings. The number of piperazine rings is 1. The summed E-state index contributed by atoms with van der Waals surface area (Å²) in [6.45, 7) is 11.7. The van der Waals surface area contributed by atoms with Crippen molar-refractivity contribution in [2.45, 2.75) is 45.9 Å². The highest BCUT2D eigenvalue weighted by molar-refractivity contribution is 5.68. The average Bonchev–Trinajstić information content (AvgIpc) is 2.80. The summed E-state index contributed by atoms with van der Waals surface area (Å²) < 4.78 is 5.45. The van der Waals surface area contributed by atoms with E-state index in [9.17, 15) is 4.79 Å². The number of nitrogens with zero attached hydrogens (tertiary/aromatic N) is 4. The van der Waals surface area contributed by atoms with E-state index in [0.29, 0.717) is 19.1 Å². The highest BCUT2D eigenvalue weighted by Crippen LogP contribution is 2.32. The second kappa shape index (κ2) is 6.24. The Balaban J connectivity index is 1.62. The normalized spacial score (nSPS) is 21.8. The number of amides is 1. The Labute approximate surface area is 144 Å². The topological polar surface area (TPSA) is 48.9 Å². The van der Waals surface area contributed by atoms with Gasteiger partial charge in [-0.1, -0.05) is 6.07 Å². The first-order valence-electron chi connectivity index (χ1n) is 8.67. The van der Waals surface area contributed by atoms with Gasteiger partial charge in [0, 0.05) is 38.8 Å². The van der Waals surface area contributed by atoms with E-state index in [1.54, 1.807) is 4.90 Å². The van der Waals surface area contributed by atoms with E-state index >= 15 is 0 Å². The fourth-order valence-corrected chi connectivity index (χ4v) is 3.24. The van der Waals surface area contributed by atoms with Gasteiger partial charge < -0.3 is 14.5 Å². The number of anilines is 1. The predicted octanol–water partition coefficient (Wildman–Crippen LogP) is 2.65. The molecule has 1 fully saturated rings. The number of rotatable bonds is 1. The van der Waals surface area contributed by atoms with Crippen LogP contribution < -0.4 is 4.90 Å². The van der Waals surface area contributed by atoms with Crippen LogP contribution in [0, 0.1) is 0 Å². The van der Waals surface area contributed by atoms with E-state index in [2.05, 4.69) is 35.9 Å². The van der Waals surface area contributed by atoms with Crippen molar-refractivity contribution in [3.63, 3.8) is 0 Å². The Bertz CT molecular complexity index is 618. The van der Waals surface area contributed by atoms with Crippen LogP contribution >= 0.6 is 0 Å². The van der Waals surface area contributed by atoms with Gasteiger partial charge in [0.1, 0.15) is 11.4 Å². The highest BCUT2D eigenvalue weighted by atomic mass is 16.6. The molecular formula is C18H28N4O2. The molecule has 0 aliphatic carbocycles. The zero-order valence-electron chi connectivity index (χ0n) is 15.4. The summed E-state index contributed by atoms with van der Waals surface area (Å²) in [4.78, 5) is 23.3. The van der Waals surface area contributed by atoms with Crippen molar-refractivity contribution in [2.24, 2.45) is 0 Å². The Hall–Kier alpha value is -1.82. The number of hydrogen-bond acceptors (Lipinski definition) is 5. The molecule has 24 heavy (non-hydrogen) atoms. The minimum absolute atomic E-state index is 0.223. The quantitative estimate of drug-likeness (QED) is 0.791. The largest absolute Gasteiger partial charge is 0.444 e. The van der Waals surface area contributed by atoms with Crippen molar-refractivity contribution in [3.8, 4) is 0 Å². The summed E-state index contributed by atoms with van der Waals surface area (Å²) in [7, 11) is 2.13. The number of aromatic nitrogens is 1. The third-order valence-corrected chi connectivity index (χ3v) is 4.76. The van der Waals surface area contributed by atoms with Gasteiger partial charge in [-0.05, 0) is 46.4 Å². The van der Waals surface area contributed by atoms with Gasteiger partial charge in [-0.3, -0.25) is 4.90 Å². The van der Waals surface area contributed by atoms with E-state index in [1.807, 2.05) is 20.8 Å². The summed E-state index contributed by atoms with van der Waals surface area (Å²) >= 11 is 0. The smallest absolute Gasteiger partial charge is 0.410 e. The minimum atomic E-state index is -0.446. The predicted molar refractivity (Wildman–Crippen MR) is 94.1 cm³/mol. The zero-order chi connectivity index (χ0) is 17.5. The zero-order valence-corrected chi connectivity index (χ0v) is 15.4.